The molecule has 2 fully saturated rings. The van der Waals surface area contributed by atoms with Gasteiger partial charge in [0, 0.05) is 39.2 Å². The molecule has 0 radical (unpaired) electrons. The Balaban J connectivity index is 1.94. The number of rotatable bonds is 7. The van der Waals surface area contributed by atoms with E-state index >= 15 is 0 Å². The van der Waals surface area contributed by atoms with Gasteiger partial charge in [0.15, 0.2) is 0 Å². The van der Waals surface area contributed by atoms with Gasteiger partial charge in [-0.15, -0.1) is 0 Å². The molecule has 2 heterocycles. The van der Waals surface area contributed by atoms with E-state index < -0.39 is 23.0 Å². The van der Waals surface area contributed by atoms with Crippen LogP contribution in [0.1, 0.15) is 24.8 Å². The average molecular weight is 392 g/mol. The largest absolute Gasteiger partial charge is 0.383 e. The number of ether oxygens (including phenoxy) is 2. The molecule has 8 heteroatoms. The summed E-state index contributed by atoms with van der Waals surface area (Å²) in [5, 5.41) is 0. The fourth-order valence-electron chi connectivity index (χ4n) is 3.92. The highest BCUT2D eigenvalue weighted by Crippen LogP contribution is 2.41. The lowest BCUT2D eigenvalue weighted by atomic mass is 9.75. The second kappa shape index (κ2) is 8.36. The van der Waals surface area contributed by atoms with Crippen LogP contribution in [0.15, 0.2) is 24.3 Å². The van der Waals surface area contributed by atoms with Gasteiger partial charge in [-0.2, -0.15) is 0 Å². The van der Waals surface area contributed by atoms with Crippen LogP contribution in [0.3, 0.4) is 0 Å². The molecule has 1 aromatic carbocycles. The van der Waals surface area contributed by atoms with Gasteiger partial charge in [-0.05, 0) is 12.5 Å². The maximum Gasteiger partial charge on any atom is 0.241 e. The number of methoxy groups -OCH3 is 1. The number of imide groups is 1. The highest BCUT2D eigenvalue weighted by atomic mass is 19.1. The first-order valence-corrected chi connectivity index (χ1v) is 9.33. The Morgan fingerprint density at radius 3 is 2.79 bits per heavy atom. The molecule has 2 atom stereocenters. The summed E-state index contributed by atoms with van der Waals surface area (Å²) in [6.45, 7) is 1.26. The van der Waals surface area contributed by atoms with Gasteiger partial charge in [-0.25, -0.2) is 4.39 Å². The molecular formula is C20H25FN2O5. The van der Waals surface area contributed by atoms with Gasteiger partial charge in [0.05, 0.1) is 31.2 Å². The topological polar surface area (TPSA) is 76.2 Å². The predicted octanol–water partition coefficient (Wildman–Crippen LogP) is 1.11. The molecule has 2 aliphatic rings. The zero-order chi connectivity index (χ0) is 20.3. The summed E-state index contributed by atoms with van der Waals surface area (Å²) in [7, 11) is 3.12. The van der Waals surface area contributed by atoms with Crippen molar-refractivity contribution < 1.29 is 28.2 Å². The monoisotopic (exact) mass is 392 g/mol. The summed E-state index contributed by atoms with van der Waals surface area (Å²) in [5.74, 6) is -1.89. The van der Waals surface area contributed by atoms with Crippen LogP contribution >= 0.6 is 0 Å². The number of hydrogen-bond acceptors (Lipinski definition) is 5. The summed E-state index contributed by atoms with van der Waals surface area (Å²) in [4.78, 5) is 41.5. The van der Waals surface area contributed by atoms with Gasteiger partial charge in [0.1, 0.15) is 5.82 Å². The molecule has 7 nitrogen and oxygen atoms in total. The fraction of sp³-hybridized carbons (Fsp3) is 0.550. The Morgan fingerprint density at radius 1 is 1.39 bits per heavy atom. The lowest BCUT2D eigenvalue weighted by Crippen LogP contribution is -2.46. The second-order valence-electron chi connectivity index (χ2n) is 7.28. The zero-order valence-electron chi connectivity index (χ0n) is 16.2. The van der Waals surface area contributed by atoms with Gasteiger partial charge in [0.25, 0.3) is 0 Å². The number of hydrogen-bond donors (Lipinski definition) is 0. The summed E-state index contributed by atoms with van der Waals surface area (Å²) in [6, 6.07) is 5.76. The number of carbonyl (C=O) groups is 3. The quantitative estimate of drug-likeness (QED) is 0.650. The molecule has 3 amide bonds. The minimum atomic E-state index is -1.54. The van der Waals surface area contributed by atoms with Crippen molar-refractivity contribution in [2.24, 2.45) is 0 Å². The highest BCUT2D eigenvalue weighted by Gasteiger charge is 2.55. The molecule has 0 spiro atoms. The number of likely N-dealkylation sites (N-methyl/N-ethyl adjacent to an activating group) is 1. The van der Waals surface area contributed by atoms with Crippen LogP contribution in [0.25, 0.3) is 0 Å². The average Bonchev–Trinajstić information content (AvgIpc) is 3.28. The van der Waals surface area contributed by atoms with Crippen LogP contribution in [0.2, 0.25) is 0 Å². The van der Waals surface area contributed by atoms with Crippen LogP contribution in [0.4, 0.5) is 4.39 Å². The maximum absolute atomic E-state index is 14.7. The van der Waals surface area contributed by atoms with Crippen LogP contribution in [-0.4, -0.2) is 74.1 Å². The van der Waals surface area contributed by atoms with Crippen LogP contribution in [-0.2, 0) is 29.3 Å². The van der Waals surface area contributed by atoms with Crippen molar-refractivity contribution in [2.75, 3.05) is 40.5 Å². The van der Waals surface area contributed by atoms with Gasteiger partial charge in [-0.3, -0.25) is 19.3 Å². The van der Waals surface area contributed by atoms with E-state index in [9.17, 15) is 18.8 Å². The molecule has 28 heavy (non-hydrogen) atoms. The molecule has 2 saturated heterocycles. The van der Waals surface area contributed by atoms with E-state index in [0.717, 1.165) is 4.90 Å². The molecular weight excluding hydrogens is 367 g/mol. The summed E-state index contributed by atoms with van der Waals surface area (Å²) in [5.41, 5.74) is -1.46. The smallest absolute Gasteiger partial charge is 0.241 e. The zero-order valence-corrected chi connectivity index (χ0v) is 16.2. The Morgan fingerprint density at radius 2 is 2.14 bits per heavy atom. The lowest BCUT2D eigenvalue weighted by molar-refractivity contribution is -0.143. The van der Waals surface area contributed by atoms with E-state index in [2.05, 4.69) is 0 Å². The first kappa shape index (κ1) is 20.4. The number of nitrogens with zero attached hydrogens (tertiary/aromatic N) is 2. The van der Waals surface area contributed by atoms with E-state index in [1.165, 1.54) is 25.3 Å². The van der Waals surface area contributed by atoms with Gasteiger partial charge in [-0.1, -0.05) is 18.2 Å². The number of carbonyl (C=O) groups excluding carboxylic acids is 3. The molecule has 0 bridgehead atoms. The van der Waals surface area contributed by atoms with E-state index in [1.54, 1.807) is 18.0 Å². The van der Waals surface area contributed by atoms with E-state index in [-0.39, 0.29) is 43.5 Å². The first-order valence-electron chi connectivity index (χ1n) is 9.33. The minimum absolute atomic E-state index is 0.0743. The van der Waals surface area contributed by atoms with E-state index in [4.69, 9.17) is 9.47 Å². The maximum atomic E-state index is 14.7. The third-order valence-corrected chi connectivity index (χ3v) is 5.62. The van der Waals surface area contributed by atoms with Gasteiger partial charge >= 0.3 is 0 Å². The van der Waals surface area contributed by atoms with Crippen molar-refractivity contribution in [1.29, 1.82) is 0 Å². The highest BCUT2D eigenvalue weighted by molar-refractivity contribution is 6.10. The van der Waals surface area contributed by atoms with Gasteiger partial charge < -0.3 is 14.4 Å². The second-order valence-corrected chi connectivity index (χ2v) is 7.28. The predicted molar refractivity (Wildman–Crippen MR) is 97.9 cm³/mol. The van der Waals surface area contributed by atoms with Crippen LogP contribution < -0.4 is 0 Å². The Labute approximate surface area is 163 Å². The van der Waals surface area contributed by atoms with E-state index in [1.807, 2.05) is 0 Å². The van der Waals surface area contributed by atoms with Crippen molar-refractivity contribution in [3.8, 4) is 0 Å². The van der Waals surface area contributed by atoms with Crippen LogP contribution in [0, 0.1) is 5.82 Å². The lowest BCUT2D eigenvalue weighted by Gasteiger charge is -2.31. The van der Waals surface area contributed by atoms with Crippen molar-refractivity contribution >= 4 is 17.7 Å². The molecule has 0 aliphatic carbocycles. The molecule has 1 aromatic rings. The summed E-state index contributed by atoms with van der Waals surface area (Å²) >= 11 is 0. The van der Waals surface area contributed by atoms with E-state index in [0.29, 0.717) is 19.6 Å². The fourth-order valence-corrected chi connectivity index (χ4v) is 3.92. The van der Waals surface area contributed by atoms with Crippen molar-refractivity contribution in [3.63, 3.8) is 0 Å². The van der Waals surface area contributed by atoms with Crippen molar-refractivity contribution in [3.05, 3.63) is 35.6 Å². The number of halogens is 1. The molecule has 0 N–H and O–H groups in total. The Bertz CT molecular complexity index is 765. The summed E-state index contributed by atoms with van der Waals surface area (Å²) < 4.78 is 25.0. The van der Waals surface area contributed by atoms with Crippen molar-refractivity contribution in [2.45, 2.75) is 30.7 Å². The Kier molecular flexibility index (Phi) is 6.10. The summed E-state index contributed by atoms with van der Waals surface area (Å²) in [6.07, 6.45) is 0.202. The van der Waals surface area contributed by atoms with Gasteiger partial charge in [0.2, 0.25) is 17.7 Å². The third kappa shape index (κ3) is 3.66. The molecule has 0 aromatic heterocycles. The number of likely N-dealkylation sites (tertiary alicyclic amines) is 1. The van der Waals surface area contributed by atoms with Crippen molar-refractivity contribution in [1.82, 2.24) is 9.80 Å². The molecule has 2 unspecified atom stereocenters. The molecule has 2 aliphatic heterocycles. The normalized spacial score (nSPS) is 24.8. The molecule has 3 rings (SSSR count). The molecule has 0 saturated carbocycles. The molecule has 152 valence electrons. The number of benzene rings is 1. The minimum Gasteiger partial charge on any atom is -0.383 e. The standard InChI is InChI=1S/C20H25FN2O5/c1-22(14-7-9-28-13-14)17(24)11-20(15-5-3-4-6-16(15)21)12-18(25)23(19(20)26)8-10-27-2/h3-6,14H,7-13H2,1-2H3. The Hall–Kier alpha value is -2.32. The first-order chi connectivity index (χ1) is 13.4. The third-order valence-electron chi connectivity index (χ3n) is 5.62. The van der Waals surface area contributed by atoms with Crippen LogP contribution in [0.5, 0.6) is 0 Å². The SMILES string of the molecule is COCCN1C(=O)CC(CC(=O)N(C)C2CCOC2)(c2ccccc2F)C1=O. The number of amides is 3.